The van der Waals surface area contributed by atoms with Crippen molar-refractivity contribution in [3.63, 3.8) is 0 Å². The maximum atomic E-state index is 12.5. The van der Waals surface area contributed by atoms with Gasteiger partial charge in [-0.2, -0.15) is 13.2 Å². The number of carboxylic acids is 1. The molecule has 2 N–H and O–H groups in total. The topological polar surface area (TPSA) is 49.3 Å². The molecule has 0 saturated carbocycles. The monoisotopic (exact) mass is 243 g/mol. The van der Waals surface area contributed by atoms with Gasteiger partial charge in [-0.1, -0.05) is 6.08 Å². The molecule has 0 amide bonds. The van der Waals surface area contributed by atoms with Gasteiger partial charge < -0.3 is 10.4 Å². The number of benzene rings is 1. The van der Waals surface area contributed by atoms with E-state index in [4.69, 9.17) is 5.11 Å². The smallest absolute Gasteiger partial charge is 0.416 e. The molecule has 0 radical (unpaired) electrons. The number of halogens is 3. The van der Waals surface area contributed by atoms with Gasteiger partial charge >= 0.3 is 12.1 Å². The van der Waals surface area contributed by atoms with Crippen LogP contribution >= 0.6 is 0 Å². The second-order valence-electron chi connectivity index (χ2n) is 3.56. The van der Waals surface area contributed by atoms with E-state index in [-0.39, 0.29) is 11.1 Å². The van der Waals surface area contributed by atoms with Crippen LogP contribution in [0.15, 0.2) is 24.3 Å². The van der Waals surface area contributed by atoms with Crippen LogP contribution in [0.25, 0.3) is 5.57 Å². The quantitative estimate of drug-likeness (QED) is 0.797. The Hall–Kier alpha value is -1.98. The summed E-state index contributed by atoms with van der Waals surface area (Å²) in [7, 11) is 0. The maximum absolute atomic E-state index is 12.5. The maximum Gasteiger partial charge on any atom is 0.416 e. The Morgan fingerprint density at radius 1 is 1.35 bits per heavy atom. The summed E-state index contributed by atoms with van der Waals surface area (Å²) in [5.74, 6) is -1.23. The second-order valence-corrected chi connectivity index (χ2v) is 3.56. The summed E-state index contributed by atoms with van der Waals surface area (Å²) in [4.78, 5) is 10.9. The Morgan fingerprint density at radius 2 is 2.06 bits per heavy atom. The highest BCUT2D eigenvalue weighted by molar-refractivity contribution is 6.17. The summed E-state index contributed by atoms with van der Waals surface area (Å²) in [5, 5.41) is 11.7. The molecule has 17 heavy (non-hydrogen) atoms. The summed E-state index contributed by atoms with van der Waals surface area (Å²) >= 11 is 0. The molecular formula is C11H8F3NO2. The van der Waals surface area contributed by atoms with Crippen LogP contribution in [0.3, 0.4) is 0 Å². The average molecular weight is 243 g/mol. The van der Waals surface area contributed by atoms with E-state index in [0.29, 0.717) is 12.2 Å². The number of aliphatic carboxylic acids is 1. The van der Waals surface area contributed by atoms with Crippen LogP contribution in [0, 0.1) is 0 Å². The molecule has 0 aliphatic carbocycles. The molecular weight excluding hydrogens is 235 g/mol. The lowest BCUT2D eigenvalue weighted by Gasteiger charge is -2.18. The molecule has 1 aliphatic rings. The first-order chi connectivity index (χ1) is 7.89. The molecule has 0 spiro atoms. The Bertz CT molecular complexity index is 506. The number of alkyl halides is 3. The molecule has 3 nitrogen and oxygen atoms in total. The predicted octanol–water partition coefficient (Wildman–Crippen LogP) is 2.60. The minimum atomic E-state index is -4.48. The first-order valence-corrected chi connectivity index (χ1v) is 4.78. The minimum absolute atomic E-state index is 0.0681. The van der Waals surface area contributed by atoms with Gasteiger partial charge in [0.25, 0.3) is 0 Å². The third-order valence-corrected chi connectivity index (χ3v) is 2.47. The number of fused-ring (bicyclic) bond motifs is 1. The number of hydrogen-bond acceptors (Lipinski definition) is 2. The van der Waals surface area contributed by atoms with E-state index in [1.807, 2.05) is 0 Å². The molecule has 0 aromatic heterocycles. The number of carbonyl (C=O) groups is 1. The normalized spacial score (nSPS) is 14.6. The third kappa shape index (κ3) is 2.11. The average Bonchev–Trinajstić information content (AvgIpc) is 2.26. The van der Waals surface area contributed by atoms with E-state index in [2.05, 4.69) is 5.32 Å². The van der Waals surface area contributed by atoms with E-state index in [0.717, 1.165) is 12.1 Å². The molecule has 90 valence electrons. The first kappa shape index (κ1) is 11.5. The van der Waals surface area contributed by atoms with E-state index in [9.17, 15) is 18.0 Å². The van der Waals surface area contributed by atoms with Crippen molar-refractivity contribution in [3.05, 3.63) is 35.4 Å². The molecule has 0 unspecified atom stereocenters. The van der Waals surface area contributed by atoms with Crippen molar-refractivity contribution < 1.29 is 23.1 Å². The van der Waals surface area contributed by atoms with Crippen LogP contribution in [0.4, 0.5) is 18.9 Å². The minimum Gasteiger partial charge on any atom is -0.478 e. The summed E-state index contributed by atoms with van der Waals surface area (Å²) in [6.07, 6.45) is -3.12. The van der Waals surface area contributed by atoms with Gasteiger partial charge in [-0.25, -0.2) is 4.79 Å². The molecule has 0 bridgehead atoms. The molecule has 1 heterocycles. The van der Waals surface area contributed by atoms with Crippen molar-refractivity contribution >= 4 is 17.2 Å². The van der Waals surface area contributed by atoms with Crippen LogP contribution in [-0.4, -0.2) is 17.6 Å². The van der Waals surface area contributed by atoms with Crippen LogP contribution in [0.2, 0.25) is 0 Å². The SMILES string of the molecule is O=C(O)C1=CCNc2ccc(C(F)(F)F)cc21. The summed E-state index contributed by atoms with van der Waals surface area (Å²) in [6.45, 7) is 0.292. The van der Waals surface area contributed by atoms with Crippen LogP contribution < -0.4 is 5.32 Å². The largest absolute Gasteiger partial charge is 0.478 e. The van der Waals surface area contributed by atoms with E-state index in [1.165, 1.54) is 12.1 Å². The molecule has 1 aliphatic heterocycles. The van der Waals surface area contributed by atoms with Crippen molar-refractivity contribution in [2.24, 2.45) is 0 Å². The zero-order valence-electron chi connectivity index (χ0n) is 8.51. The van der Waals surface area contributed by atoms with Crippen molar-refractivity contribution in [1.29, 1.82) is 0 Å². The van der Waals surface area contributed by atoms with Gasteiger partial charge in [0.1, 0.15) is 0 Å². The van der Waals surface area contributed by atoms with Crippen molar-refractivity contribution in [1.82, 2.24) is 0 Å². The van der Waals surface area contributed by atoms with E-state index in [1.54, 1.807) is 0 Å². The number of carboxylic acid groups (broad SMARTS) is 1. The fraction of sp³-hybridized carbons (Fsp3) is 0.182. The molecule has 0 atom stereocenters. The highest BCUT2D eigenvalue weighted by atomic mass is 19.4. The number of anilines is 1. The van der Waals surface area contributed by atoms with Gasteiger partial charge in [0.05, 0.1) is 11.1 Å². The van der Waals surface area contributed by atoms with Crippen LogP contribution in [0.1, 0.15) is 11.1 Å². The number of hydrogen-bond donors (Lipinski definition) is 2. The fourth-order valence-electron chi connectivity index (χ4n) is 1.67. The molecule has 1 aromatic rings. The lowest BCUT2D eigenvalue weighted by atomic mass is 9.98. The summed E-state index contributed by atoms with van der Waals surface area (Å²) in [5.41, 5.74) is -0.492. The summed E-state index contributed by atoms with van der Waals surface area (Å²) in [6, 6.07) is 3.02. The van der Waals surface area contributed by atoms with Gasteiger partial charge in [-0.15, -0.1) is 0 Å². The number of rotatable bonds is 1. The van der Waals surface area contributed by atoms with Crippen molar-refractivity contribution in [2.75, 3.05) is 11.9 Å². The van der Waals surface area contributed by atoms with Crippen molar-refractivity contribution in [3.8, 4) is 0 Å². The summed E-state index contributed by atoms with van der Waals surface area (Å²) < 4.78 is 37.5. The van der Waals surface area contributed by atoms with Crippen LogP contribution in [-0.2, 0) is 11.0 Å². The van der Waals surface area contributed by atoms with Crippen molar-refractivity contribution in [2.45, 2.75) is 6.18 Å². The molecule has 6 heteroatoms. The lowest BCUT2D eigenvalue weighted by Crippen LogP contribution is -2.14. The Kier molecular flexibility index (Phi) is 2.57. The molecule has 1 aromatic carbocycles. The highest BCUT2D eigenvalue weighted by Crippen LogP contribution is 2.35. The van der Waals surface area contributed by atoms with Gasteiger partial charge in [-0.05, 0) is 18.2 Å². The number of nitrogens with one attached hydrogen (secondary N) is 1. The van der Waals surface area contributed by atoms with Gasteiger partial charge in [-0.3, -0.25) is 0 Å². The van der Waals surface area contributed by atoms with Gasteiger partial charge in [0.2, 0.25) is 0 Å². The Labute approximate surface area is 94.6 Å². The standard InChI is InChI=1S/C11H8F3NO2/c12-11(13,14)6-1-2-9-8(5-6)7(10(16)17)3-4-15-9/h1-3,5,15H,4H2,(H,16,17). The zero-order chi connectivity index (χ0) is 12.6. The predicted molar refractivity (Wildman–Crippen MR) is 55.5 cm³/mol. The highest BCUT2D eigenvalue weighted by Gasteiger charge is 2.32. The third-order valence-electron chi connectivity index (χ3n) is 2.47. The van der Waals surface area contributed by atoms with E-state index >= 15 is 0 Å². The second kappa shape index (κ2) is 3.80. The van der Waals surface area contributed by atoms with Gasteiger partial charge in [0, 0.05) is 17.8 Å². The van der Waals surface area contributed by atoms with E-state index < -0.39 is 17.7 Å². The van der Waals surface area contributed by atoms with Crippen LogP contribution in [0.5, 0.6) is 0 Å². The Morgan fingerprint density at radius 3 is 2.65 bits per heavy atom. The molecule has 0 fully saturated rings. The first-order valence-electron chi connectivity index (χ1n) is 4.78. The van der Waals surface area contributed by atoms with Gasteiger partial charge in [0.15, 0.2) is 0 Å². The Balaban J connectivity index is 2.54. The molecule has 0 saturated heterocycles. The molecule has 2 rings (SSSR count). The fourth-order valence-corrected chi connectivity index (χ4v) is 1.67. The zero-order valence-corrected chi connectivity index (χ0v) is 8.51. The lowest BCUT2D eigenvalue weighted by molar-refractivity contribution is -0.137.